The number of hydrogen-bond donors (Lipinski definition) is 1. The van der Waals surface area contributed by atoms with E-state index in [4.69, 9.17) is 4.74 Å². The molecule has 1 heterocycles. The highest BCUT2D eigenvalue weighted by Crippen LogP contribution is 2.20. The summed E-state index contributed by atoms with van der Waals surface area (Å²) in [6, 6.07) is 5.90. The van der Waals surface area contributed by atoms with E-state index in [9.17, 15) is 19.7 Å². The van der Waals surface area contributed by atoms with Gasteiger partial charge in [-0.1, -0.05) is 0 Å². The lowest BCUT2D eigenvalue weighted by molar-refractivity contribution is -0.384. The van der Waals surface area contributed by atoms with Crippen LogP contribution in [-0.4, -0.2) is 68.6 Å². The molecular formula is C19H28N4O5. The summed E-state index contributed by atoms with van der Waals surface area (Å²) in [6.45, 7) is 2.89. The SMILES string of the molecule is COCCCNC(=O)C1CCN(CC(=O)N(C)c2ccc([N+](=O)[O-])cc2)CC1. The molecule has 154 valence electrons. The molecule has 2 amide bonds. The number of carbonyl (C=O) groups excluding carboxylic acids is 2. The second-order valence-electron chi connectivity index (χ2n) is 6.91. The summed E-state index contributed by atoms with van der Waals surface area (Å²) >= 11 is 0. The zero-order valence-corrected chi connectivity index (χ0v) is 16.4. The molecule has 0 radical (unpaired) electrons. The molecule has 1 aliphatic rings. The summed E-state index contributed by atoms with van der Waals surface area (Å²) in [7, 11) is 3.29. The molecule has 0 bridgehead atoms. The van der Waals surface area contributed by atoms with Crippen molar-refractivity contribution in [1.82, 2.24) is 10.2 Å². The molecule has 0 saturated carbocycles. The number of amides is 2. The fourth-order valence-electron chi connectivity index (χ4n) is 3.16. The van der Waals surface area contributed by atoms with Crippen LogP contribution < -0.4 is 10.2 Å². The fraction of sp³-hybridized carbons (Fsp3) is 0.579. The Hall–Kier alpha value is -2.52. The van der Waals surface area contributed by atoms with Crippen LogP contribution in [0.3, 0.4) is 0 Å². The van der Waals surface area contributed by atoms with Gasteiger partial charge in [0.15, 0.2) is 0 Å². The summed E-state index contributed by atoms with van der Waals surface area (Å²) in [5, 5.41) is 13.7. The summed E-state index contributed by atoms with van der Waals surface area (Å²) in [6.07, 6.45) is 2.25. The van der Waals surface area contributed by atoms with Gasteiger partial charge in [-0.25, -0.2) is 0 Å². The Morgan fingerprint density at radius 3 is 2.50 bits per heavy atom. The van der Waals surface area contributed by atoms with Crippen molar-refractivity contribution in [3.63, 3.8) is 0 Å². The molecule has 0 aliphatic carbocycles. The van der Waals surface area contributed by atoms with Gasteiger partial charge in [0.1, 0.15) is 0 Å². The van der Waals surface area contributed by atoms with Gasteiger partial charge in [-0.3, -0.25) is 24.6 Å². The van der Waals surface area contributed by atoms with Crippen molar-refractivity contribution >= 4 is 23.2 Å². The highest BCUT2D eigenvalue weighted by atomic mass is 16.6. The van der Waals surface area contributed by atoms with E-state index in [2.05, 4.69) is 5.32 Å². The highest BCUT2D eigenvalue weighted by molar-refractivity contribution is 5.94. The number of ether oxygens (including phenoxy) is 1. The van der Waals surface area contributed by atoms with Crippen LogP contribution in [0.15, 0.2) is 24.3 Å². The van der Waals surface area contributed by atoms with E-state index in [-0.39, 0.29) is 30.0 Å². The lowest BCUT2D eigenvalue weighted by Gasteiger charge is -2.31. The average Bonchev–Trinajstić information content (AvgIpc) is 2.71. The molecule has 1 aromatic carbocycles. The van der Waals surface area contributed by atoms with Crippen LogP contribution >= 0.6 is 0 Å². The Bertz CT molecular complexity index is 671. The summed E-state index contributed by atoms with van der Waals surface area (Å²) in [5.74, 6) is -0.0253. The molecule has 9 heteroatoms. The van der Waals surface area contributed by atoms with E-state index < -0.39 is 4.92 Å². The van der Waals surface area contributed by atoms with Crippen LogP contribution in [0.5, 0.6) is 0 Å². The van der Waals surface area contributed by atoms with E-state index in [0.717, 1.165) is 19.3 Å². The molecule has 1 aromatic rings. The normalized spacial score (nSPS) is 15.2. The fourth-order valence-corrected chi connectivity index (χ4v) is 3.16. The van der Waals surface area contributed by atoms with Crippen molar-refractivity contribution in [3.05, 3.63) is 34.4 Å². The smallest absolute Gasteiger partial charge is 0.269 e. The number of nitrogens with zero attached hydrogens (tertiary/aromatic N) is 3. The average molecular weight is 392 g/mol. The maximum atomic E-state index is 12.5. The van der Waals surface area contributed by atoms with Gasteiger partial charge in [0.05, 0.1) is 11.5 Å². The Kier molecular flexibility index (Phi) is 8.34. The summed E-state index contributed by atoms with van der Waals surface area (Å²) in [5.41, 5.74) is 0.605. The minimum absolute atomic E-state index is 0.00725. The van der Waals surface area contributed by atoms with Crippen LogP contribution in [0, 0.1) is 16.0 Å². The van der Waals surface area contributed by atoms with Gasteiger partial charge in [0.2, 0.25) is 11.8 Å². The van der Waals surface area contributed by atoms with Gasteiger partial charge in [-0.2, -0.15) is 0 Å². The van der Waals surface area contributed by atoms with Crippen molar-refractivity contribution in [1.29, 1.82) is 0 Å². The first-order chi connectivity index (χ1) is 13.4. The van der Waals surface area contributed by atoms with E-state index >= 15 is 0 Å². The van der Waals surface area contributed by atoms with E-state index in [1.165, 1.54) is 17.0 Å². The highest BCUT2D eigenvalue weighted by Gasteiger charge is 2.26. The molecule has 0 unspecified atom stereocenters. The van der Waals surface area contributed by atoms with Crippen LogP contribution in [-0.2, 0) is 14.3 Å². The zero-order chi connectivity index (χ0) is 20.5. The molecule has 1 fully saturated rings. The van der Waals surface area contributed by atoms with Crippen LogP contribution in [0.2, 0.25) is 0 Å². The number of rotatable bonds is 9. The Morgan fingerprint density at radius 1 is 1.29 bits per heavy atom. The maximum Gasteiger partial charge on any atom is 0.269 e. The van der Waals surface area contributed by atoms with Gasteiger partial charge in [-0.05, 0) is 44.5 Å². The first-order valence-electron chi connectivity index (χ1n) is 9.42. The standard InChI is InChI=1S/C19H28N4O5/c1-21(16-4-6-17(7-5-16)23(26)27)18(24)14-22-11-8-15(9-12-22)19(25)20-10-3-13-28-2/h4-7,15H,3,8-14H2,1-2H3,(H,20,25). The number of non-ortho nitro benzene ring substituents is 1. The molecule has 2 rings (SSSR count). The third kappa shape index (κ3) is 6.28. The van der Waals surface area contributed by atoms with Crippen molar-refractivity contribution in [2.24, 2.45) is 5.92 Å². The number of nitro benzene ring substituents is 1. The number of nitrogens with one attached hydrogen (secondary N) is 1. The molecule has 1 saturated heterocycles. The van der Waals surface area contributed by atoms with Gasteiger partial charge >= 0.3 is 0 Å². The number of piperidine rings is 1. The molecule has 1 N–H and O–H groups in total. The van der Waals surface area contributed by atoms with Crippen LogP contribution in [0.1, 0.15) is 19.3 Å². The largest absolute Gasteiger partial charge is 0.385 e. The topological polar surface area (TPSA) is 105 Å². The van der Waals surface area contributed by atoms with Gasteiger partial charge < -0.3 is 15.0 Å². The number of methoxy groups -OCH3 is 1. The predicted octanol–water partition coefficient (Wildman–Crippen LogP) is 1.42. The minimum atomic E-state index is -0.469. The van der Waals surface area contributed by atoms with Gasteiger partial charge in [-0.15, -0.1) is 0 Å². The maximum absolute atomic E-state index is 12.5. The molecular weight excluding hydrogens is 364 g/mol. The predicted molar refractivity (Wildman–Crippen MR) is 105 cm³/mol. The lowest BCUT2D eigenvalue weighted by atomic mass is 9.96. The van der Waals surface area contributed by atoms with E-state index in [1.807, 2.05) is 4.90 Å². The van der Waals surface area contributed by atoms with Gasteiger partial charge in [0.25, 0.3) is 5.69 Å². The monoisotopic (exact) mass is 392 g/mol. The second-order valence-corrected chi connectivity index (χ2v) is 6.91. The summed E-state index contributed by atoms with van der Waals surface area (Å²) < 4.78 is 4.96. The number of anilines is 1. The quantitative estimate of drug-likeness (QED) is 0.387. The third-order valence-electron chi connectivity index (χ3n) is 4.96. The first kappa shape index (κ1) is 21.8. The van der Waals surface area contributed by atoms with Crippen LogP contribution in [0.25, 0.3) is 0 Å². The number of likely N-dealkylation sites (tertiary alicyclic amines) is 1. The number of hydrogen-bond acceptors (Lipinski definition) is 6. The number of likely N-dealkylation sites (N-methyl/N-ethyl adjacent to an activating group) is 1. The summed E-state index contributed by atoms with van der Waals surface area (Å²) in [4.78, 5) is 38.5. The van der Waals surface area contributed by atoms with Crippen molar-refractivity contribution in [2.45, 2.75) is 19.3 Å². The number of carbonyl (C=O) groups is 2. The molecule has 0 atom stereocenters. The molecule has 9 nitrogen and oxygen atoms in total. The zero-order valence-electron chi connectivity index (χ0n) is 16.4. The van der Waals surface area contributed by atoms with Crippen LogP contribution in [0.4, 0.5) is 11.4 Å². The van der Waals surface area contributed by atoms with Crippen molar-refractivity contribution in [2.75, 3.05) is 51.8 Å². The molecule has 1 aliphatic heterocycles. The van der Waals surface area contributed by atoms with E-state index in [1.54, 1.807) is 26.3 Å². The molecule has 0 aromatic heterocycles. The lowest BCUT2D eigenvalue weighted by Crippen LogP contribution is -2.45. The van der Waals surface area contributed by atoms with E-state index in [0.29, 0.717) is 31.9 Å². The third-order valence-corrected chi connectivity index (χ3v) is 4.96. The Labute approximate surface area is 164 Å². The minimum Gasteiger partial charge on any atom is -0.385 e. The Balaban J connectivity index is 1.76. The number of benzene rings is 1. The molecule has 0 spiro atoms. The second kappa shape index (κ2) is 10.7. The number of nitro groups is 1. The van der Waals surface area contributed by atoms with Crippen molar-refractivity contribution in [3.8, 4) is 0 Å². The Morgan fingerprint density at radius 2 is 1.93 bits per heavy atom. The van der Waals surface area contributed by atoms with Gasteiger partial charge in [0, 0.05) is 51.0 Å². The first-order valence-corrected chi connectivity index (χ1v) is 9.42. The molecule has 28 heavy (non-hydrogen) atoms. The van der Waals surface area contributed by atoms with Crippen molar-refractivity contribution < 1.29 is 19.2 Å².